The zero-order chi connectivity index (χ0) is 28.7. The minimum Gasteiger partial charge on any atom is -0.462 e. The quantitative estimate of drug-likeness (QED) is 0.0543. The van der Waals surface area contributed by atoms with Gasteiger partial charge in [0.15, 0.2) is 6.10 Å². The van der Waals surface area contributed by atoms with Gasteiger partial charge in [-0.05, 0) is 12.8 Å². The first-order chi connectivity index (χ1) is 18.0. The monoisotopic (exact) mass is 566 g/mol. The van der Waals surface area contributed by atoms with Gasteiger partial charge in [0.2, 0.25) is 0 Å². The molecule has 0 saturated carbocycles. The maximum Gasteiger partial charge on any atom is 0.472 e. The van der Waals surface area contributed by atoms with Crippen molar-refractivity contribution >= 4 is 19.8 Å². The second-order valence-corrected chi connectivity index (χ2v) is 12.6. The molecule has 38 heavy (non-hydrogen) atoms. The molecule has 0 aromatic rings. The van der Waals surface area contributed by atoms with E-state index in [1.54, 1.807) is 0 Å². The zero-order valence-electron chi connectivity index (χ0n) is 24.9. The van der Waals surface area contributed by atoms with Crippen LogP contribution in [0, 0.1) is 0 Å². The fourth-order valence-corrected chi connectivity index (χ4v) is 4.50. The van der Waals surface area contributed by atoms with Crippen LogP contribution in [0.2, 0.25) is 0 Å². The number of hydrogen-bond acceptors (Lipinski definition) is 7. The molecule has 0 aliphatic rings. The molecule has 0 amide bonds. The van der Waals surface area contributed by atoms with Crippen molar-refractivity contribution in [2.24, 2.45) is 0 Å². The number of phosphoric acid groups is 1. The van der Waals surface area contributed by atoms with Gasteiger partial charge in [-0.2, -0.15) is 0 Å². The summed E-state index contributed by atoms with van der Waals surface area (Å²) in [5.74, 6) is -0.858. The Kier molecular flexibility index (Phi) is 22.2. The maximum absolute atomic E-state index is 12.2. The van der Waals surface area contributed by atoms with Gasteiger partial charge < -0.3 is 18.9 Å². The number of carbonyl (C=O) groups excluding carboxylic acids is 2. The van der Waals surface area contributed by atoms with E-state index in [1.165, 1.54) is 64.2 Å². The summed E-state index contributed by atoms with van der Waals surface area (Å²) in [5, 5.41) is 0. The molecule has 226 valence electrons. The van der Waals surface area contributed by atoms with Crippen LogP contribution in [0.1, 0.15) is 117 Å². The van der Waals surface area contributed by atoms with E-state index >= 15 is 0 Å². The summed E-state index contributed by atoms with van der Waals surface area (Å²) in [4.78, 5) is 34.0. The Balaban J connectivity index is 4.14. The van der Waals surface area contributed by atoms with Crippen LogP contribution < -0.4 is 0 Å². The number of nitrogens with zero attached hydrogens (tertiary/aromatic N) is 1. The second-order valence-electron chi connectivity index (χ2n) is 11.1. The Morgan fingerprint density at radius 2 is 1.24 bits per heavy atom. The Morgan fingerprint density at radius 3 is 1.74 bits per heavy atom. The van der Waals surface area contributed by atoms with E-state index in [0.29, 0.717) is 23.9 Å². The van der Waals surface area contributed by atoms with Crippen LogP contribution in [-0.4, -0.2) is 74.9 Å². The number of quaternary nitrogens is 1. The van der Waals surface area contributed by atoms with Crippen LogP contribution in [-0.2, 0) is 32.7 Å². The molecule has 0 bridgehead atoms. The molecule has 1 N–H and O–H groups in total. The number of esters is 2. The van der Waals surface area contributed by atoms with Crippen molar-refractivity contribution in [3.05, 3.63) is 0 Å². The van der Waals surface area contributed by atoms with Gasteiger partial charge in [-0.25, -0.2) is 4.57 Å². The molecule has 2 atom stereocenters. The topological polar surface area (TPSA) is 108 Å². The Bertz CT molecular complexity index is 653. The molecule has 0 fully saturated rings. The summed E-state index contributed by atoms with van der Waals surface area (Å²) in [6.45, 7) is 4.00. The lowest BCUT2D eigenvalue weighted by Crippen LogP contribution is -2.37. The van der Waals surface area contributed by atoms with E-state index in [4.69, 9.17) is 18.5 Å². The number of likely N-dealkylation sites (N-methyl/N-ethyl adjacent to an activating group) is 1. The van der Waals surface area contributed by atoms with Gasteiger partial charge in [-0.3, -0.25) is 18.6 Å². The fraction of sp³-hybridized carbons (Fsp3) is 0.929. The molecule has 0 heterocycles. The molecule has 0 aromatic carbocycles. The van der Waals surface area contributed by atoms with Crippen LogP contribution in [0.15, 0.2) is 0 Å². The molecule has 10 heteroatoms. The van der Waals surface area contributed by atoms with Crippen LogP contribution in [0.5, 0.6) is 0 Å². The zero-order valence-corrected chi connectivity index (χ0v) is 25.8. The lowest BCUT2D eigenvalue weighted by atomic mass is 10.0. The highest BCUT2D eigenvalue weighted by molar-refractivity contribution is 7.47. The van der Waals surface area contributed by atoms with Crippen molar-refractivity contribution in [1.29, 1.82) is 0 Å². The standard InChI is InChI=1S/C28H56NO8P/c1-6-8-9-10-11-12-13-14-15-16-17-18-19-21-27(30)34-24-26(37-28(31)20-7-2)25-36-38(32,33)35-23-22-29(3,4)5/h26H,6-25H2,1-5H3/p+1/t26-/m0/s1. The van der Waals surface area contributed by atoms with Crippen LogP contribution in [0.4, 0.5) is 0 Å². The van der Waals surface area contributed by atoms with E-state index in [1.807, 2.05) is 28.1 Å². The highest BCUT2D eigenvalue weighted by Gasteiger charge is 2.26. The Hall–Kier alpha value is -0.990. The molecular formula is C28H57NO8P+. The summed E-state index contributed by atoms with van der Waals surface area (Å²) < 4.78 is 33.3. The van der Waals surface area contributed by atoms with Gasteiger partial charge in [0, 0.05) is 12.8 Å². The van der Waals surface area contributed by atoms with Crippen LogP contribution in [0.3, 0.4) is 0 Å². The molecule has 9 nitrogen and oxygen atoms in total. The average molecular weight is 567 g/mol. The van der Waals surface area contributed by atoms with Gasteiger partial charge in [-0.1, -0.05) is 90.9 Å². The summed E-state index contributed by atoms with van der Waals surface area (Å²) in [7, 11) is 1.47. The number of ether oxygens (including phenoxy) is 2. The number of hydrogen-bond donors (Lipinski definition) is 1. The lowest BCUT2D eigenvalue weighted by Gasteiger charge is -2.24. The van der Waals surface area contributed by atoms with Crippen molar-refractivity contribution in [3.8, 4) is 0 Å². The highest BCUT2D eigenvalue weighted by Crippen LogP contribution is 2.43. The normalized spacial score (nSPS) is 14.2. The van der Waals surface area contributed by atoms with Gasteiger partial charge >= 0.3 is 19.8 Å². The predicted octanol–water partition coefficient (Wildman–Crippen LogP) is 6.56. The lowest BCUT2D eigenvalue weighted by molar-refractivity contribution is -0.870. The fourth-order valence-electron chi connectivity index (χ4n) is 3.75. The molecule has 1 unspecified atom stereocenters. The van der Waals surface area contributed by atoms with E-state index in [-0.39, 0.29) is 25.6 Å². The smallest absolute Gasteiger partial charge is 0.462 e. The SMILES string of the molecule is CCCCCCCCCCCCCCCC(=O)OC[C@@H](COP(=O)(O)OCC[N+](C)(C)C)OC(=O)CCC. The first kappa shape index (κ1) is 37.0. The van der Waals surface area contributed by atoms with Gasteiger partial charge in [0.25, 0.3) is 0 Å². The largest absolute Gasteiger partial charge is 0.472 e. The van der Waals surface area contributed by atoms with Crippen molar-refractivity contribution in [1.82, 2.24) is 0 Å². The molecule has 0 aliphatic heterocycles. The van der Waals surface area contributed by atoms with E-state index in [0.717, 1.165) is 19.3 Å². The molecule has 0 spiro atoms. The molecular weight excluding hydrogens is 509 g/mol. The summed E-state index contributed by atoms with van der Waals surface area (Å²) in [6.07, 6.45) is 16.1. The number of phosphoric ester groups is 1. The molecule has 0 aliphatic carbocycles. The van der Waals surface area contributed by atoms with Gasteiger partial charge in [-0.15, -0.1) is 0 Å². The summed E-state index contributed by atoms with van der Waals surface area (Å²) in [6, 6.07) is 0. The van der Waals surface area contributed by atoms with E-state index in [9.17, 15) is 19.0 Å². The summed E-state index contributed by atoms with van der Waals surface area (Å²) in [5.41, 5.74) is 0. The minimum atomic E-state index is -4.32. The third kappa shape index (κ3) is 25.3. The summed E-state index contributed by atoms with van der Waals surface area (Å²) >= 11 is 0. The number of unbranched alkanes of at least 4 members (excludes halogenated alkanes) is 12. The second kappa shape index (κ2) is 22.8. The molecule has 0 saturated heterocycles. The third-order valence-electron chi connectivity index (χ3n) is 6.11. The molecule has 0 radical (unpaired) electrons. The Morgan fingerprint density at radius 1 is 0.711 bits per heavy atom. The van der Waals surface area contributed by atoms with Gasteiger partial charge in [0.05, 0.1) is 27.7 Å². The van der Waals surface area contributed by atoms with E-state index in [2.05, 4.69) is 6.92 Å². The third-order valence-corrected chi connectivity index (χ3v) is 7.09. The highest BCUT2D eigenvalue weighted by atomic mass is 31.2. The maximum atomic E-state index is 12.2. The Labute approximate surface area is 232 Å². The van der Waals surface area contributed by atoms with Crippen molar-refractivity contribution in [3.63, 3.8) is 0 Å². The van der Waals surface area contributed by atoms with Crippen molar-refractivity contribution in [2.45, 2.75) is 123 Å². The van der Waals surface area contributed by atoms with Crippen molar-refractivity contribution in [2.75, 3.05) is 47.5 Å². The van der Waals surface area contributed by atoms with Crippen LogP contribution >= 0.6 is 7.82 Å². The first-order valence-electron chi connectivity index (χ1n) is 14.8. The first-order valence-corrected chi connectivity index (χ1v) is 16.3. The van der Waals surface area contributed by atoms with Gasteiger partial charge in [0.1, 0.15) is 19.8 Å². The van der Waals surface area contributed by atoms with E-state index < -0.39 is 26.5 Å². The average Bonchev–Trinajstić information content (AvgIpc) is 2.83. The number of carbonyl (C=O) groups is 2. The number of rotatable bonds is 26. The molecule has 0 rings (SSSR count). The minimum absolute atomic E-state index is 0.0334. The molecule has 0 aromatic heterocycles. The van der Waals surface area contributed by atoms with Crippen LogP contribution in [0.25, 0.3) is 0 Å². The van der Waals surface area contributed by atoms with Crippen molar-refractivity contribution < 1.29 is 42.1 Å². The predicted molar refractivity (Wildman–Crippen MR) is 151 cm³/mol.